The fourth-order valence-corrected chi connectivity index (χ4v) is 4.17. The van der Waals surface area contributed by atoms with E-state index in [9.17, 15) is 31.5 Å². The number of thioether (sulfide) groups is 1. The van der Waals surface area contributed by atoms with E-state index in [1.54, 1.807) is 6.92 Å². The SMILES string of the molecule is CCc1ccc(S(=O)(=O)NCCSc2ccc(C(F)(F)F)cn2)cc1C(=O)O.[HH]. The van der Waals surface area contributed by atoms with Gasteiger partial charge in [0.05, 0.1) is 21.0 Å². The molecule has 0 aliphatic rings. The maximum Gasteiger partial charge on any atom is 0.417 e. The summed E-state index contributed by atoms with van der Waals surface area (Å²) in [6.45, 7) is 1.76. The second-order valence-electron chi connectivity index (χ2n) is 5.61. The van der Waals surface area contributed by atoms with Crippen molar-refractivity contribution in [3.05, 3.63) is 53.2 Å². The van der Waals surface area contributed by atoms with Crippen LogP contribution in [0, 0.1) is 0 Å². The summed E-state index contributed by atoms with van der Waals surface area (Å²) in [5.74, 6) is -0.978. The Hall–Kier alpha value is -2.11. The number of benzene rings is 1. The van der Waals surface area contributed by atoms with Crippen molar-refractivity contribution < 1.29 is 32.9 Å². The van der Waals surface area contributed by atoms with Crippen LogP contribution in [0.15, 0.2) is 46.5 Å². The normalized spacial score (nSPS) is 12.1. The Labute approximate surface area is 165 Å². The molecular weight excluding hydrogens is 417 g/mol. The van der Waals surface area contributed by atoms with Gasteiger partial charge in [0.1, 0.15) is 0 Å². The van der Waals surface area contributed by atoms with E-state index >= 15 is 0 Å². The molecule has 0 bridgehead atoms. The first-order valence-electron chi connectivity index (χ1n) is 8.06. The van der Waals surface area contributed by atoms with Crippen molar-refractivity contribution in [2.45, 2.75) is 29.4 Å². The summed E-state index contributed by atoms with van der Waals surface area (Å²) in [5, 5.41) is 9.53. The van der Waals surface area contributed by atoms with Gasteiger partial charge in [-0.1, -0.05) is 13.0 Å². The second kappa shape index (κ2) is 8.93. The molecule has 2 N–H and O–H groups in total. The van der Waals surface area contributed by atoms with Crippen molar-refractivity contribution in [2.75, 3.05) is 12.3 Å². The van der Waals surface area contributed by atoms with E-state index in [1.165, 1.54) is 18.2 Å². The number of carboxylic acid groups (broad SMARTS) is 1. The topological polar surface area (TPSA) is 96.4 Å². The average molecular weight is 436 g/mol. The van der Waals surface area contributed by atoms with E-state index in [0.717, 1.165) is 30.1 Å². The molecule has 1 aromatic heterocycles. The zero-order valence-electron chi connectivity index (χ0n) is 14.7. The van der Waals surface area contributed by atoms with E-state index < -0.39 is 27.7 Å². The molecule has 154 valence electrons. The van der Waals surface area contributed by atoms with Crippen molar-refractivity contribution in [3.8, 4) is 0 Å². The number of halogens is 3. The van der Waals surface area contributed by atoms with E-state index in [4.69, 9.17) is 0 Å². The fourth-order valence-electron chi connectivity index (χ4n) is 2.28. The van der Waals surface area contributed by atoms with E-state index in [2.05, 4.69) is 9.71 Å². The standard InChI is InChI=1S/C17H17F3N2O4S2.H2/c1-2-11-3-5-13(9-14(11)16(23)24)28(25,26)22-7-8-27-15-6-4-12(10-21-15)17(18,19)20;/h3-6,9-10,22H,2,7-8H2,1H3,(H,23,24);1H. The quantitative estimate of drug-likeness (QED) is 0.484. The number of nitrogens with zero attached hydrogens (tertiary/aromatic N) is 1. The molecule has 0 radical (unpaired) electrons. The third-order valence-electron chi connectivity index (χ3n) is 3.71. The van der Waals surface area contributed by atoms with Gasteiger partial charge in [0, 0.05) is 19.9 Å². The number of hydrogen-bond donors (Lipinski definition) is 2. The Morgan fingerprint density at radius 2 is 2.00 bits per heavy atom. The van der Waals surface area contributed by atoms with Crippen LogP contribution in [0.4, 0.5) is 13.2 Å². The summed E-state index contributed by atoms with van der Waals surface area (Å²) in [6.07, 6.45) is -3.30. The van der Waals surface area contributed by atoms with Gasteiger partial charge in [0.25, 0.3) is 0 Å². The lowest BCUT2D eigenvalue weighted by Gasteiger charge is -2.10. The van der Waals surface area contributed by atoms with Gasteiger partial charge in [-0.3, -0.25) is 0 Å². The van der Waals surface area contributed by atoms with Crippen LogP contribution in [-0.2, 0) is 22.6 Å². The number of aromatic carboxylic acids is 1. The highest BCUT2D eigenvalue weighted by Gasteiger charge is 2.30. The Bertz CT molecular complexity index is 952. The molecule has 11 heteroatoms. The Balaban J connectivity index is 0.00000420. The highest BCUT2D eigenvalue weighted by Crippen LogP contribution is 2.29. The minimum absolute atomic E-state index is 0. The molecular formula is C17H19F3N2O4S2. The number of carboxylic acids is 1. The summed E-state index contributed by atoms with van der Waals surface area (Å²) in [6, 6.07) is 6.01. The van der Waals surface area contributed by atoms with E-state index in [-0.39, 0.29) is 24.2 Å². The number of pyridine rings is 1. The number of rotatable bonds is 8. The van der Waals surface area contributed by atoms with Gasteiger partial charge in [-0.05, 0) is 36.2 Å². The maximum absolute atomic E-state index is 12.5. The third-order valence-corrected chi connectivity index (χ3v) is 6.11. The smallest absolute Gasteiger partial charge is 0.417 e. The highest BCUT2D eigenvalue weighted by molar-refractivity contribution is 7.99. The zero-order valence-corrected chi connectivity index (χ0v) is 16.3. The Morgan fingerprint density at radius 1 is 1.29 bits per heavy atom. The summed E-state index contributed by atoms with van der Waals surface area (Å²) in [5.41, 5.74) is -0.411. The van der Waals surface area contributed by atoms with Gasteiger partial charge in [-0.15, -0.1) is 11.8 Å². The lowest BCUT2D eigenvalue weighted by Crippen LogP contribution is -2.26. The number of hydrogen-bond acceptors (Lipinski definition) is 5. The number of aryl methyl sites for hydroxylation is 1. The van der Waals surface area contributed by atoms with Crippen LogP contribution in [0.25, 0.3) is 0 Å². The average Bonchev–Trinajstić information content (AvgIpc) is 2.64. The summed E-state index contributed by atoms with van der Waals surface area (Å²) in [4.78, 5) is 14.8. The van der Waals surface area contributed by atoms with Gasteiger partial charge in [0.2, 0.25) is 10.0 Å². The van der Waals surface area contributed by atoms with Gasteiger partial charge in [0.15, 0.2) is 0 Å². The molecule has 2 rings (SSSR count). The van der Waals surface area contributed by atoms with Crippen molar-refractivity contribution in [3.63, 3.8) is 0 Å². The van der Waals surface area contributed by atoms with Crippen LogP contribution in [0.1, 0.15) is 29.8 Å². The molecule has 0 amide bonds. The fraction of sp³-hybridized carbons (Fsp3) is 0.294. The van der Waals surface area contributed by atoms with Crippen LogP contribution in [0.2, 0.25) is 0 Å². The minimum Gasteiger partial charge on any atom is -0.478 e. The molecule has 0 atom stereocenters. The third kappa shape index (κ3) is 5.69. The minimum atomic E-state index is -4.46. The number of sulfonamides is 1. The van der Waals surface area contributed by atoms with Gasteiger partial charge in [-0.2, -0.15) is 13.2 Å². The number of alkyl halides is 3. The molecule has 28 heavy (non-hydrogen) atoms. The van der Waals surface area contributed by atoms with E-state index in [1.807, 2.05) is 0 Å². The molecule has 0 spiro atoms. The zero-order chi connectivity index (χ0) is 20.9. The van der Waals surface area contributed by atoms with Crippen LogP contribution in [-0.4, -0.2) is 36.8 Å². The van der Waals surface area contributed by atoms with Crippen molar-refractivity contribution >= 4 is 27.8 Å². The molecule has 2 aromatic rings. The summed E-state index contributed by atoms with van der Waals surface area (Å²) >= 11 is 1.09. The Kier molecular flexibility index (Phi) is 7.07. The van der Waals surface area contributed by atoms with Crippen LogP contribution >= 0.6 is 11.8 Å². The number of nitrogens with one attached hydrogen (secondary N) is 1. The molecule has 0 saturated carbocycles. The lowest BCUT2D eigenvalue weighted by molar-refractivity contribution is -0.137. The van der Waals surface area contributed by atoms with Crippen LogP contribution in [0.3, 0.4) is 0 Å². The summed E-state index contributed by atoms with van der Waals surface area (Å²) in [7, 11) is -3.92. The maximum atomic E-state index is 12.5. The van der Waals surface area contributed by atoms with Crippen molar-refractivity contribution in [1.29, 1.82) is 0 Å². The largest absolute Gasteiger partial charge is 0.478 e. The van der Waals surface area contributed by atoms with E-state index in [0.29, 0.717) is 17.0 Å². The number of aromatic nitrogens is 1. The predicted octanol–water partition coefficient (Wildman–Crippen LogP) is 3.68. The molecule has 0 unspecified atom stereocenters. The molecule has 1 heterocycles. The second-order valence-corrected chi connectivity index (χ2v) is 8.49. The van der Waals surface area contributed by atoms with Crippen molar-refractivity contribution in [2.24, 2.45) is 0 Å². The van der Waals surface area contributed by atoms with Gasteiger partial charge >= 0.3 is 12.1 Å². The van der Waals surface area contributed by atoms with Crippen molar-refractivity contribution in [1.82, 2.24) is 9.71 Å². The molecule has 0 aliphatic heterocycles. The van der Waals surface area contributed by atoms with Crippen LogP contribution in [0.5, 0.6) is 0 Å². The first-order chi connectivity index (χ1) is 13.0. The van der Waals surface area contributed by atoms with Crippen LogP contribution < -0.4 is 4.72 Å². The monoisotopic (exact) mass is 436 g/mol. The Morgan fingerprint density at radius 3 is 2.54 bits per heavy atom. The molecule has 6 nitrogen and oxygen atoms in total. The molecule has 0 fully saturated rings. The first kappa shape index (κ1) is 22.2. The highest BCUT2D eigenvalue weighted by atomic mass is 32.2. The first-order valence-corrected chi connectivity index (χ1v) is 10.5. The molecule has 0 saturated heterocycles. The summed E-state index contributed by atoms with van der Waals surface area (Å²) < 4.78 is 64.4. The predicted molar refractivity (Wildman–Crippen MR) is 100 cm³/mol. The molecule has 1 aromatic carbocycles. The molecule has 0 aliphatic carbocycles. The van der Waals surface area contributed by atoms with Gasteiger partial charge < -0.3 is 5.11 Å². The number of carbonyl (C=O) groups is 1. The lowest BCUT2D eigenvalue weighted by atomic mass is 10.1. The van der Waals surface area contributed by atoms with Gasteiger partial charge in [-0.25, -0.2) is 22.9 Å².